The molecule has 1 unspecified atom stereocenters. The first-order chi connectivity index (χ1) is 7.15. The van der Waals surface area contributed by atoms with Crippen molar-refractivity contribution in [2.45, 2.75) is 11.8 Å². The molecule has 0 aliphatic heterocycles. The maximum Gasteiger partial charge on any atom is 0.255 e. The first kappa shape index (κ1) is 12.0. The van der Waals surface area contributed by atoms with E-state index in [-0.39, 0.29) is 10.7 Å². The first-order valence-corrected chi connectivity index (χ1v) is 5.47. The number of pyridine rings is 1. The fourth-order valence-electron chi connectivity index (χ4n) is 1.06. The van der Waals surface area contributed by atoms with Crippen molar-refractivity contribution < 1.29 is 9.53 Å². The summed E-state index contributed by atoms with van der Waals surface area (Å²) in [4.78, 5) is 15.8. The first-order valence-electron chi connectivity index (χ1n) is 4.55. The van der Waals surface area contributed by atoms with Gasteiger partial charge in [-0.15, -0.1) is 0 Å². The van der Waals surface area contributed by atoms with Crippen molar-refractivity contribution >= 4 is 21.8 Å². The van der Waals surface area contributed by atoms with E-state index in [1.54, 1.807) is 12.3 Å². The summed E-state index contributed by atoms with van der Waals surface area (Å²) in [5.74, 6) is 0.331. The summed E-state index contributed by atoms with van der Waals surface area (Å²) in [6.07, 6.45) is 3.08. The molecule has 1 rings (SSSR count). The molecular weight excluding hydrogens is 260 g/mol. The van der Waals surface area contributed by atoms with Gasteiger partial charge in [-0.3, -0.25) is 9.78 Å². The Morgan fingerprint density at radius 2 is 2.47 bits per heavy atom. The van der Waals surface area contributed by atoms with E-state index in [1.807, 2.05) is 6.92 Å². The lowest BCUT2D eigenvalue weighted by Gasteiger charge is -2.09. The predicted molar refractivity (Wildman–Crippen MR) is 61.5 cm³/mol. The Hall–Kier alpha value is -1.10. The molecule has 0 spiro atoms. The molecule has 0 bridgehead atoms. The Morgan fingerprint density at radius 1 is 1.73 bits per heavy atom. The Balaban J connectivity index is 2.72. The molecule has 1 aromatic rings. The Bertz CT molecular complexity index is 342. The third-order valence-electron chi connectivity index (χ3n) is 1.79. The van der Waals surface area contributed by atoms with Crippen LogP contribution in [0, 0.1) is 0 Å². The summed E-state index contributed by atoms with van der Waals surface area (Å²) in [7, 11) is 1.51. The fraction of sp³-hybridized carbons (Fsp3) is 0.400. The zero-order valence-electron chi connectivity index (χ0n) is 8.66. The number of carbonyl (C=O) groups excluding carboxylic acids is 1. The lowest BCUT2D eigenvalue weighted by molar-refractivity contribution is 0.0951. The second kappa shape index (κ2) is 5.70. The van der Waals surface area contributed by atoms with Gasteiger partial charge in [0.25, 0.3) is 5.91 Å². The van der Waals surface area contributed by atoms with Crippen molar-refractivity contribution in [1.29, 1.82) is 0 Å². The number of nitrogens with zero attached hydrogens (tertiary/aromatic N) is 1. The molecule has 1 aromatic heterocycles. The number of carbonyl (C=O) groups is 1. The Kier molecular flexibility index (Phi) is 4.55. The van der Waals surface area contributed by atoms with Crippen molar-refractivity contribution in [3.63, 3.8) is 0 Å². The smallest absolute Gasteiger partial charge is 0.255 e. The number of hydrogen-bond donors (Lipinski definition) is 1. The van der Waals surface area contributed by atoms with Crippen LogP contribution in [-0.2, 0) is 0 Å². The number of ether oxygens (including phenoxy) is 1. The molecule has 1 atom stereocenters. The Morgan fingerprint density at radius 3 is 3.07 bits per heavy atom. The third-order valence-corrected chi connectivity index (χ3v) is 2.12. The minimum Gasteiger partial charge on any atom is -0.494 e. The van der Waals surface area contributed by atoms with Crippen molar-refractivity contribution in [1.82, 2.24) is 10.3 Å². The molecule has 0 saturated carbocycles. The lowest BCUT2D eigenvalue weighted by atomic mass is 10.2. The van der Waals surface area contributed by atoms with Crippen LogP contribution in [0.3, 0.4) is 0 Å². The molecular formula is C10H13BrN2O2. The molecule has 0 radical (unpaired) electrons. The quantitative estimate of drug-likeness (QED) is 0.848. The topological polar surface area (TPSA) is 51.2 Å². The normalized spacial score (nSPS) is 11.9. The van der Waals surface area contributed by atoms with E-state index in [4.69, 9.17) is 4.74 Å². The highest BCUT2D eigenvalue weighted by Crippen LogP contribution is 2.15. The van der Waals surface area contributed by atoms with Crippen LogP contribution < -0.4 is 10.1 Å². The number of nitrogens with one attached hydrogen (secondary N) is 1. The summed E-state index contributed by atoms with van der Waals surface area (Å²) in [6, 6.07) is 1.63. The number of hydrogen-bond acceptors (Lipinski definition) is 3. The number of amides is 1. The summed E-state index contributed by atoms with van der Waals surface area (Å²) in [6.45, 7) is 2.54. The molecule has 15 heavy (non-hydrogen) atoms. The minimum absolute atomic E-state index is 0.152. The van der Waals surface area contributed by atoms with Gasteiger partial charge in [0, 0.05) is 17.6 Å². The number of alkyl halides is 1. The molecule has 0 aliphatic carbocycles. The fourth-order valence-corrected chi connectivity index (χ4v) is 1.22. The van der Waals surface area contributed by atoms with Crippen molar-refractivity contribution in [2.24, 2.45) is 0 Å². The van der Waals surface area contributed by atoms with Crippen LogP contribution in [0.1, 0.15) is 17.3 Å². The van der Waals surface area contributed by atoms with Gasteiger partial charge in [0.2, 0.25) is 0 Å². The number of methoxy groups -OCH3 is 1. The maximum absolute atomic E-state index is 11.7. The lowest BCUT2D eigenvalue weighted by Crippen LogP contribution is -2.28. The van der Waals surface area contributed by atoms with E-state index in [2.05, 4.69) is 26.2 Å². The minimum atomic E-state index is -0.152. The average molecular weight is 273 g/mol. The van der Waals surface area contributed by atoms with Crippen LogP contribution in [0.2, 0.25) is 0 Å². The van der Waals surface area contributed by atoms with Crippen LogP contribution >= 0.6 is 15.9 Å². The molecule has 1 N–H and O–H groups in total. The zero-order chi connectivity index (χ0) is 11.3. The standard InChI is InChI=1S/C10H13BrN2O2/c1-7(11)5-13-10(14)8-3-4-12-6-9(8)15-2/h3-4,6-7H,5H2,1-2H3,(H,13,14). The monoisotopic (exact) mass is 272 g/mol. The van der Waals surface area contributed by atoms with E-state index in [0.29, 0.717) is 17.9 Å². The second-order valence-electron chi connectivity index (χ2n) is 3.07. The van der Waals surface area contributed by atoms with Gasteiger partial charge in [0.1, 0.15) is 5.75 Å². The van der Waals surface area contributed by atoms with Gasteiger partial charge in [-0.25, -0.2) is 0 Å². The van der Waals surface area contributed by atoms with Crippen LogP contribution in [0.15, 0.2) is 18.5 Å². The molecule has 0 saturated heterocycles. The van der Waals surface area contributed by atoms with E-state index in [1.165, 1.54) is 13.3 Å². The molecule has 0 aliphatic rings. The summed E-state index contributed by atoms with van der Waals surface area (Å²) >= 11 is 3.35. The number of rotatable bonds is 4. The largest absolute Gasteiger partial charge is 0.494 e. The van der Waals surface area contributed by atoms with Crippen molar-refractivity contribution in [3.05, 3.63) is 24.0 Å². The molecule has 5 heteroatoms. The molecule has 4 nitrogen and oxygen atoms in total. The van der Waals surface area contributed by atoms with E-state index in [9.17, 15) is 4.79 Å². The second-order valence-corrected chi connectivity index (χ2v) is 4.63. The average Bonchev–Trinajstić information content (AvgIpc) is 2.25. The van der Waals surface area contributed by atoms with E-state index in [0.717, 1.165) is 0 Å². The van der Waals surface area contributed by atoms with Gasteiger partial charge < -0.3 is 10.1 Å². The van der Waals surface area contributed by atoms with Crippen LogP contribution in [-0.4, -0.2) is 29.4 Å². The summed E-state index contributed by atoms with van der Waals surface area (Å²) < 4.78 is 5.04. The predicted octanol–water partition coefficient (Wildman–Crippen LogP) is 1.60. The highest BCUT2D eigenvalue weighted by Gasteiger charge is 2.11. The third kappa shape index (κ3) is 3.51. The van der Waals surface area contributed by atoms with Gasteiger partial charge in [0.15, 0.2) is 0 Å². The van der Waals surface area contributed by atoms with Gasteiger partial charge in [-0.2, -0.15) is 0 Å². The SMILES string of the molecule is COc1cnccc1C(=O)NCC(C)Br. The summed E-state index contributed by atoms with van der Waals surface area (Å²) in [5, 5.41) is 2.78. The molecule has 0 fully saturated rings. The van der Waals surface area contributed by atoms with Gasteiger partial charge in [-0.05, 0) is 6.07 Å². The van der Waals surface area contributed by atoms with Crippen LogP contribution in [0.25, 0.3) is 0 Å². The Labute approximate surface area is 97.2 Å². The maximum atomic E-state index is 11.7. The molecule has 0 aromatic carbocycles. The zero-order valence-corrected chi connectivity index (χ0v) is 10.2. The number of aromatic nitrogens is 1. The van der Waals surface area contributed by atoms with Gasteiger partial charge in [-0.1, -0.05) is 22.9 Å². The van der Waals surface area contributed by atoms with Crippen LogP contribution in [0.4, 0.5) is 0 Å². The highest BCUT2D eigenvalue weighted by atomic mass is 79.9. The van der Waals surface area contributed by atoms with Crippen molar-refractivity contribution in [2.75, 3.05) is 13.7 Å². The summed E-state index contributed by atoms with van der Waals surface area (Å²) in [5.41, 5.74) is 0.501. The molecule has 82 valence electrons. The van der Waals surface area contributed by atoms with Crippen LogP contribution in [0.5, 0.6) is 5.75 Å². The van der Waals surface area contributed by atoms with Crippen molar-refractivity contribution in [3.8, 4) is 5.75 Å². The van der Waals surface area contributed by atoms with E-state index < -0.39 is 0 Å². The highest BCUT2D eigenvalue weighted by molar-refractivity contribution is 9.09. The number of halogens is 1. The van der Waals surface area contributed by atoms with Gasteiger partial charge in [0.05, 0.1) is 18.9 Å². The van der Waals surface area contributed by atoms with Gasteiger partial charge >= 0.3 is 0 Å². The molecule has 1 heterocycles. The van der Waals surface area contributed by atoms with E-state index >= 15 is 0 Å². The molecule has 1 amide bonds.